The lowest BCUT2D eigenvalue weighted by molar-refractivity contribution is -0.163. The molecule has 0 unspecified atom stereocenters. The summed E-state index contributed by atoms with van der Waals surface area (Å²) in [4.78, 5) is 57.7. The second-order valence-corrected chi connectivity index (χ2v) is 13.9. The number of piperazine rings is 1. The van der Waals surface area contributed by atoms with Gasteiger partial charge in [-0.25, -0.2) is 4.79 Å². The highest BCUT2D eigenvalue weighted by molar-refractivity contribution is 6.00. The molecule has 1 spiro atoms. The average molecular weight is 647 g/mol. The van der Waals surface area contributed by atoms with Crippen LogP contribution >= 0.6 is 0 Å². The molecule has 1 saturated carbocycles. The van der Waals surface area contributed by atoms with Crippen LogP contribution in [0.15, 0.2) is 48.5 Å². The third-order valence-electron chi connectivity index (χ3n) is 10.4. The van der Waals surface area contributed by atoms with Gasteiger partial charge in [0.25, 0.3) is 5.91 Å². The van der Waals surface area contributed by atoms with E-state index in [1.54, 1.807) is 24.1 Å². The Morgan fingerprint density at radius 2 is 1.49 bits per heavy atom. The van der Waals surface area contributed by atoms with Crippen molar-refractivity contribution in [2.24, 2.45) is 0 Å². The molecule has 0 radical (unpaired) electrons. The van der Waals surface area contributed by atoms with E-state index in [1.807, 2.05) is 29.2 Å². The number of amides is 3. The number of carboxylic acid groups (broad SMARTS) is 1. The Morgan fingerprint density at radius 3 is 2.09 bits per heavy atom. The number of hydrogen-bond acceptors (Lipinski definition) is 6. The standard InChI is InChI=1S/C37H50N4O6/c1-3-4-21-41-33(43)31(24-36(47)17-7-5-6-8-18-36)38-35(46)37(41)19-22-40(23-20-37)26-28-9-13-29(14-10-28)32(42)39(2)25-27-11-15-30(16-12-27)34(44)45/h9-16,31,47H,3-8,17-26H2,1-2H3,(H,38,46)(H,44,45)/t31-/m1/s1. The zero-order chi connectivity index (χ0) is 33.6. The van der Waals surface area contributed by atoms with Gasteiger partial charge in [0.15, 0.2) is 0 Å². The van der Waals surface area contributed by atoms with Crippen LogP contribution < -0.4 is 5.32 Å². The fraction of sp³-hybridized carbons (Fsp3) is 0.568. The van der Waals surface area contributed by atoms with Crippen molar-refractivity contribution in [3.05, 3.63) is 70.8 Å². The Bertz CT molecular complexity index is 1410. The second-order valence-electron chi connectivity index (χ2n) is 13.9. The summed E-state index contributed by atoms with van der Waals surface area (Å²) in [5.74, 6) is -1.24. The van der Waals surface area contributed by atoms with Gasteiger partial charge in [0, 0.05) is 51.8 Å². The predicted octanol–water partition coefficient (Wildman–Crippen LogP) is 4.59. The SMILES string of the molecule is CCCCN1C(=O)[C@@H](CC2(O)CCCCCC2)NC(=O)C12CCN(Cc1ccc(C(=O)N(C)Cc3ccc(C(=O)O)cc3)cc1)CC2. The first kappa shape index (κ1) is 34.6. The first-order valence-corrected chi connectivity index (χ1v) is 17.3. The summed E-state index contributed by atoms with van der Waals surface area (Å²) in [6.45, 7) is 5.02. The fourth-order valence-corrected chi connectivity index (χ4v) is 7.53. The summed E-state index contributed by atoms with van der Waals surface area (Å²) in [7, 11) is 1.72. The molecule has 0 aromatic heterocycles. The number of likely N-dealkylation sites (tertiary alicyclic amines) is 1. The Hall–Kier alpha value is -3.76. The number of aromatic carboxylic acids is 1. The van der Waals surface area contributed by atoms with Crippen molar-refractivity contribution < 1.29 is 29.4 Å². The van der Waals surface area contributed by atoms with Gasteiger partial charge in [0.05, 0.1) is 11.2 Å². The summed E-state index contributed by atoms with van der Waals surface area (Å²) < 4.78 is 0. The minimum Gasteiger partial charge on any atom is -0.478 e. The largest absolute Gasteiger partial charge is 0.478 e. The van der Waals surface area contributed by atoms with Gasteiger partial charge >= 0.3 is 5.97 Å². The van der Waals surface area contributed by atoms with E-state index in [4.69, 9.17) is 5.11 Å². The predicted molar refractivity (Wildman–Crippen MR) is 179 cm³/mol. The molecule has 2 aromatic rings. The van der Waals surface area contributed by atoms with Crippen molar-refractivity contribution in [1.29, 1.82) is 0 Å². The molecule has 3 amide bonds. The Kier molecular flexibility index (Phi) is 11.0. The molecular formula is C37H50N4O6. The van der Waals surface area contributed by atoms with E-state index in [2.05, 4.69) is 17.1 Å². The van der Waals surface area contributed by atoms with E-state index in [1.165, 1.54) is 12.1 Å². The van der Waals surface area contributed by atoms with Gasteiger partial charge in [0.2, 0.25) is 11.8 Å². The van der Waals surface area contributed by atoms with Crippen LogP contribution in [0, 0.1) is 0 Å². The number of carboxylic acids is 1. The molecule has 10 nitrogen and oxygen atoms in total. The third-order valence-corrected chi connectivity index (χ3v) is 10.4. The highest BCUT2D eigenvalue weighted by Crippen LogP contribution is 2.37. The van der Waals surface area contributed by atoms with Gasteiger partial charge in [-0.1, -0.05) is 63.3 Å². The minimum atomic E-state index is -0.983. The Balaban J connectivity index is 1.18. The van der Waals surface area contributed by atoms with Gasteiger partial charge in [0.1, 0.15) is 11.6 Å². The Labute approximate surface area is 278 Å². The quantitative estimate of drug-likeness (QED) is 0.305. The van der Waals surface area contributed by atoms with E-state index in [0.29, 0.717) is 64.0 Å². The summed E-state index contributed by atoms with van der Waals surface area (Å²) in [6, 6.07) is 13.4. The number of rotatable bonds is 11. The summed E-state index contributed by atoms with van der Waals surface area (Å²) >= 11 is 0. The van der Waals surface area contributed by atoms with Crippen LogP contribution in [0.2, 0.25) is 0 Å². The first-order valence-electron chi connectivity index (χ1n) is 17.3. The van der Waals surface area contributed by atoms with Crippen LogP contribution in [0.5, 0.6) is 0 Å². The number of benzene rings is 2. The van der Waals surface area contributed by atoms with Crippen molar-refractivity contribution >= 4 is 23.7 Å². The number of piperidine rings is 1. The third kappa shape index (κ3) is 8.04. The molecule has 3 N–H and O–H groups in total. The molecule has 47 heavy (non-hydrogen) atoms. The van der Waals surface area contributed by atoms with Gasteiger partial charge in [-0.3, -0.25) is 19.3 Å². The number of nitrogens with zero attached hydrogens (tertiary/aromatic N) is 3. The molecule has 2 aliphatic heterocycles. The number of unbranched alkanes of at least 4 members (excludes halogenated alkanes) is 1. The Morgan fingerprint density at radius 1 is 0.894 bits per heavy atom. The maximum Gasteiger partial charge on any atom is 0.335 e. The van der Waals surface area contributed by atoms with Gasteiger partial charge in [-0.05, 0) is 67.5 Å². The molecular weight excluding hydrogens is 596 g/mol. The minimum absolute atomic E-state index is 0.0494. The molecule has 5 rings (SSSR count). The monoisotopic (exact) mass is 646 g/mol. The lowest BCUT2D eigenvalue weighted by Gasteiger charge is -2.52. The van der Waals surface area contributed by atoms with Crippen molar-refractivity contribution in [3.63, 3.8) is 0 Å². The lowest BCUT2D eigenvalue weighted by Crippen LogP contribution is -2.73. The molecule has 0 bridgehead atoms. The van der Waals surface area contributed by atoms with Crippen LogP contribution in [0.1, 0.15) is 109 Å². The summed E-state index contributed by atoms with van der Waals surface area (Å²) in [5, 5.41) is 23.5. The molecule has 3 aliphatic rings. The summed E-state index contributed by atoms with van der Waals surface area (Å²) in [5.41, 5.74) is 0.927. The molecule has 3 fully saturated rings. The number of nitrogens with one attached hydrogen (secondary N) is 1. The molecule has 1 aliphatic carbocycles. The normalized spacial score (nSPS) is 21.3. The molecule has 10 heteroatoms. The van der Waals surface area contributed by atoms with Gasteiger partial charge < -0.3 is 25.3 Å². The van der Waals surface area contributed by atoms with Crippen molar-refractivity contribution in [2.45, 2.75) is 108 Å². The average Bonchev–Trinajstić information content (AvgIpc) is 3.29. The number of hydrogen-bond donors (Lipinski definition) is 3. The van der Waals surface area contributed by atoms with Crippen molar-refractivity contribution in [2.75, 3.05) is 26.7 Å². The molecule has 254 valence electrons. The van der Waals surface area contributed by atoms with Crippen molar-refractivity contribution in [1.82, 2.24) is 20.0 Å². The maximum absolute atomic E-state index is 13.9. The summed E-state index contributed by atoms with van der Waals surface area (Å²) in [6.07, 6.45) is 8.62. The van der Waals surface area contributed by atoms with E-state index in [9.17, 15) is 24.3 Å². The molecule has 1 atom stereocenters. The maximum atomic E-state index is 13.9. The van der Waals surface area contributed by atoms with Gasteiger partial charge in [-0.2, -0.15) is 0 Å². The molecule has 2 saturated heterocycles. The highest BCUT2D eigenvalue weighted by Gasteiger charge is 2.54. The second kappa shape index (κ2) is 15.0. The fourth-order valence-electron chi connectivity index (χ4n) is 7.53. The number of carbonyl (C=O) groups excluding carboxylic acids is 3. The zero-order valence-electron chi connectivity index (χ0n) is 27.9. The number of aliphatic hydroxyl groups is 1. The first-order chi connectivity index (χ1) is 22.5. The van der Waals surface area contributed by atoms with Crippen LogP contribution in [0.4, 0.5) is 0 Å². The van der Waals surface area contributed by atoms with Crippen molar-refractivity contribution in [3.8, 4) is 0 Å². The van der Waals surface area contributed by atoms with E-state index in [0.717, 1.165) is 49.7 Å². The van der Waals surface area contributed by atoms with E-state index < -0.39 is 23.2 Å². The smallest absolute Gasteiger partial charge is 0.335 e. The molecule has 2 aromatic carbocycles. The van der Waals surface area contributed by atoms with E-state index in [-0.39, 0.29) is 29.7 Å². The molecule has 2 heterocycles. The van der Waals surface area contributed by atoms with E-state index >= 15 is 0 Å². The topological polar surface area (TPSA) is 130 Å². The lowest BCUT2D eigenvalue weighted by atomic mass is 9.79. The highest BCUT2D eigenvalue weighted by atomic mass is 16.4. The zero-order valence-corrected chi connectivity index (χ0v) is 27.9. The number of carbonyl (C=O) groups is 4. The van der Waals surface area contributed by atoms with Crippen LogP contribution in [-0.2, 0) is 22.7 Å². The van der Waals surface area contributed by atoms with Crippen LogP contribution in [0.3, 0.4) is 0 Å². The van der Waals surface area contributed by atoms with Crippen LogP contribution in [0.25, 0.3) is 0 Å². The van der Waals surface area contributed by atoms with Crippen LogP contribution in [-0.4, -0.2) is 92.5 Å². The van der Waals surface area contributed by atoms with Gasteiger partial charge in [-0.15, -0.1) is 0 Å².